The Morgan fingerprint density at radius 2 is 1.93 bits per heavy atom. The van der Waals surface area contributed by atoms with Crippen LogP contribution in [0.4, 0.5) is 5.69 Å². The van der Waals surface area contributed by atoms with E-state index in [0.29, 0.717) is 34.4 Å². The number of carbonyl (C=O) groups is 2. The van der Waals surface area contributed by atoms with Crippen LogP contribution in [0.2, 0.25) is 0 Å². The van der Waals surface area contributed by atoms with Gasteiger partial charge in [0.15, 0.2) is 0 Å². The van der Waals surface area contributed by atoms with Gasteiger partial charge < -0.3 is 14.4 Å². The molecule has 0 bridgehead atoms. The maximum absolute atomic E-state index is 13.6. The zero-order valence-corrected chi connectivity index (χ0v) is 17.6. The average molecular weight is 413 g/mol. The van der Waals surface area contributed by atoms with E-state index in [0.717, 1.165) is 30.8 Å². The van der Waals surface area contributed by atoms with Crippen molar-refractivity contribution in [3.05, 3.63) is 46.3 Å². The number of amides is 2. The van der Waals surface area contributed by atoms with Crippen LogP contribution >= 0.6 is 11.3 Å². The summed E-state index contributed by atoms with van der Waals surface area (Å²) in [5.41, 5.74) is 1.41. The van der Waals surface area contributed by atoms with Crippen molar-refractivity contribution in [3.8, 4) is 11.5 Å². The minimum absolute atomic E-state index is 0.295. The van der Waals surface area contributed by atoms with Gasteiger partial charge in [-0.05, 0) is 42.3 Å². The van der Waals surface area contributed by atoms with Gasteiger partial charge in [0.1, 0.15) is 17.2 Å². The van der Waals surface area contributed by atoms with Gasteiger partial charge in [0.05, 0.1) is 25.5 Å². The predicted molar refractivity (Wildman–Crippen MR) is 113 cm³/mol. The van der Waals surface area contributed by atoms with Crippen molar-refractivity contribution in [2.45, 2.75) is 19.8 Å². The van der Waals surface area contributed by atoms with Crippen LogP contribution in [-0.2, 0) is 9.59 Å². The number of piperidine rings is 1. The third-order valence-electron chi connectivity index (χ3n) is 5.43. The van der Waals surface area contributed by atoms with Gasteiger partial charge in [-0.2, -0.15) is 0 Å². The average Bonchev–Trinajstić information content (AvgIpc) is 3.33. The van der Waals surface area contributed by atoms with E-state index >= 15 is 0 Å². The van der Waals surface area contributed by atoms with Crippen molar-refractivity contribution < 1.29 is 19.1 Å². The van der Waals surface area contributed by atoms with Gasteiger partial charge in [-0.1, -0.05) is 13.0 Å². The maximum Gasteiger partial charge on any atom is 0.282 e. The van der Waals surface area contributed by atoms with Crippen LogP contribution in [0.1, 0.15) is 24.6 Å². The summed E-state index contributed by atoms with van der Waals surface area (Å²) < 4.78 is 10.7. The van der Waals surface area contributed by atoms with E-state index in [2.05, 4.69) is 11.8 Å². The molecule has 1 aromatic heterocycles. The lowest BCUT2D eigenvalue weighted by atomic mass is 9.99. The fourth-order valence-corrected chi connectivity index (χ4v) is 4.80. The molecule has 0 aliphatic carbocycles. The molecule has 1 saturated heterocycles. The fraction of sp³-hybridized carbons (Fsp3) is 0.364. The summed E-state index contributed by atoms with van der Waals surface area (Å²) in [7, 11) is 3.08. The zero-order valence-electron chi connectivity index (χ0n) is 16.8. The van der Waals surface area contributed by atoms with Crippen molar-refractivity contribution in [3.63, 3.8) is 0 Å². The molecule has 29 heavy (non-hydrogen) atoms. The van der Waals surface area contributed by atoms with E-state index in [4.69, 9.17) is 9.47 Å². The number of imide groups is 1. The number of likely N-dealkylation sites (tertiary alicyclic amines) is 1. The van der Waals surface area contributed by atoms with Crippen LogP contribution in [0.5, 0.6) is 11.5 Å². The molecule has 3 heterocycles. The van der Waals surface area contributed by atoms with Crippen molar-refractivity contribution in [1.29, 1.82) is 0 Å². The lowest BCUT2D eigenvalue weighted by molar-refractivity contribution is -0.120. The van der Waals surface area contributed by atoms with E-state index in [1.54, 1.807) is 25.3 Å². The van der Waals surface area contributed by atoms with E-state index in [-0.39, 0.29) is 11.8 Å². The molecule has 1 aromatic carbocycles. The molecule has 7 heteroatoms. The van der Waals surface area contributed by atoms with E-state index in [1.165, 1.54) is 23.3 Å². The minimum atomic E-state index is -0.311. The highest BCUT2D eigenvalue weighted by Crippen LogP contribution is 2.41. The Hall–Kier alpha value is -2.80. The molecular weight excluding hydrogens is 388 g/mol. The summed E-state index contributed by atoms with van der Waals surface area (Å²) in [6.07, 6.45) is 2.14. The first kappa shape index (κ1) is 19.5. The third-order valence-corrected chi connectivity index (χ3v) is 6.32. The van der Waals surface area contributed by atoms with E-state index in [1.807, 2.05) is 17.5 Å². The topological polar surface area (TPSA) is 59.1 Å². The second-order valence-corrected chi connectivity index (χ2v) is 8.33. The molecule has 6 nitrogen and oxygen atoms in total. The predicted octanol–water partition coefficient (Wildman–Crippen LogP) is 3.78. The highest BCUT2D eigenvalue weighted by atomic mass is 32.1. The Kier molecular flexibility index (Phi) is 5.32. The normalized spacial score (nSPS) is 19.9. The second kappa shape index (κ2) is 7.91. The molecule has 2 aliphatic heterocycles. The molecule has 1 fully saturated rings. The van der Waals surface area contributed by atoms with Crippen molar-refractivity contribution in [1.82, 2.24) is 4.90 Å². The van der Waals surface area contributed by atoms with Gasteiger partial charge in [0.2, 0.25) is 0 Å². The zero-order chi connectivity index (χ0) is 20.5. The Balaban J connectivity index is 1.81. The first-order valence-electron chi connectivity index (χ1n) is 9.69. The molecule has 2 amide bonds. The number of thiophene rings is 1. The van der Waals surface area contributed by atoms with Gasteiger partial charge in [-0.25, -0.2) is 4.90 Å². The van der Waals surface area contributed by atoms with Crippen molar-refractivity contribution >= 4 is 34.4 Å². The molecular formula is C22H24N2O4S. The summed E-state index contributed by atoms with van der Waals surface area (Å²) in [6.45, 7) is 3.74. The highest BCUT2D eigenvalue weighted by molar-refractivity contribution is 7.11. The lowest BCUT2D eigenvalue weighted by Crippen LogP contribution is -2.39. The van der Waals surface area contributed by atoms with Crippen LogP contribution in [0, 0.1) is 5.92 Å². The summed E-state index contributed by atoms with van der Waals surface area (Å²) in [4.78, 5) is 31.2. The smallest absolute Gasteiger partial charge is 0.282 e. The number of benzene rings is 1. The number of hydrogen-bond acceptors (Lipinski definition) is 6. The number of methoxy groups -OCH3 is 2. The van der Waals surface area contributed by atoms with Gasteiger partial charge in [0, 0.05) is 24.0 Å². The largest absolute Gasteiger partial charge is 0.497 e. The third kappa shape index (κ3) is 3.40. The Morgan fingerprint density at radius 3 is 2.59 bits per heavy atom. The molecule has 2 aliphatic rings. The standard InChI is InChI=1S/C22H24N2O4S/c1-14-6-4-10-23(13-14)20-19(18-7-5-11-29-18)21(25)24(22(20)26)16-9-8-15(27-2)12-17(16)28-3/h5,7-9,11-12,14H,4,6,10,13H2,1-3H3. The summed E-state index contributed by atoms with van der Waals surface area (Å²) >= 11 is 1.47. The van der Waals surface area contributed by atoms with Crippen LogP contribution in [-0.4, -0.2) is 44.0 Å². The highest BCUT2D eigenvalue weighted by Gasteiger charge is 2.44. The van der Waals surface area contributed by atoms with Crippen LogP contribution in [0.25, 0.3) is 5.57 Å². The minimum Gasteiger partial charge on any atom is -0.497 e. The van der Waals surface area contributed by atoms with Crippen molar-refractivity contribution in [2.75, 3.05) is 32.2 Å². The molecule has 0 saturated carbocycles. The van der Waals surface area contributed by atoms with Crippen LogP contribution in [0.3, 0.4) is 0 Å². The monoisotopic (exact) mass is 412 g/mol. The summed E-state index contributed by atoms with van der Waals surface area (Å²) in [5, 5.41) is 1.92. The number of ether oxygens (including phenoxy) is 2. The number of nitrogens with zero attached hydrogens (tertiary/aromatic N) is 2. The van der Waals surface area contributed by atoms with Crippen molar-refractivity contribution in [2.24, 2.45) is 5.92 Å². The van der Waals surface area contributed by atoms with Gasteiger partial charge in [-0.15, -0.1) is 11.3 Å². The molecule has 1 unspecified atom stereocenters. The molecule has 152 valence electrons. The first-order chi connectivity index (χ1) is 14.0. The fourth-order valence-electron chi connectivity index (χ4n) is 4.04. The first-order valence-corrected chi connectivity index (χ1v) is 10.6. The Bertz CT molecular complexity index is 967. The molecule has 2 aromatic rings. The van der Waals surface area contributed by atoms with Crippen LogP contribution in [0.15, 0.2) is 41.4 Å². The van der Waals surface area contributed by atoms with Gasteiger partial charge in [-0.3, -0.25) is 9.59 Å². The van der Waals surface area contributed by atoms with E-state index < -0.39 is 0 Å². The molecule has 0 spiro atoms. The molecule has 0 N–H and O–H groups in total. The quantitative estimate of drug-likeness (QED) is 0.700. The Morgan fingerprint density at radius 1 is 1.10 bits per heavy atom. The van der Waals surface area contributed by atoms with Crippen LogP contribution < -0.4 is 14.4 Å². The molecule has 0 radical (unpaired) electrons. The number of anilines is 1. The number of hydrogen-bond donors (Lipinski definition) is 0. The lowest BCUT2D eigenvalue weighted by Gasteiger charge is -2.33. The molecule has 4 rings (SSSR count). The van der Waals surface area contributed by atoms with Gasteiger partial charge >= 0.3 is 0 Å². The van der Waals surface area contributed by atoms with E-state index in [9.17, 15) is 9.59 Å². The maximum atomic E-state index is 13.6. The summed E-state index contributed by atoms with van der Waals surface area (Å²) in [6, 6.07) is 8.90. The SMILES string of the molecule is COc1ccc(N2C(=O)C(c3cccs3)=C(N3CCCC(C)C3)C2=O)c(OC)c1. The number of carbonyl (C=O) groups excluding carboxylic acids is 2. The second-order valence-electron chi connectivity index (χ2n) is 7.38. The van der Waals surface area contributed by atoms with Gasteiger partial charge in [0.25, 0.3) is 11.8 Å². The molecule has 1 atom stereocenters. The summed E-state index contributed by atoms with van der Waals surface area (Å²) in [5.74, 6) is 0.893. The number of rotatable bonds is 5. The Labute approximate surface area is 174 Å².